The second kappa shape index (κ2) is 12.5. The summed E-state index contributed by atoms with van der Waals surface area (Å²) in [6, 6.07) is 71.7. The van der Waals surface area contributed by atoms with Gasteiger partial charge in [-0.2, -0.15) is 0 Å². The summed E-state index contributed by atoms with van der Waals surface area (Å²) >= 11 is 0. The van der Waals surface area contributed by atoms with Crippen molar-refractivity contribution in [3.8, 4) is 33.4 Å². The Kier molecular flexibility index (Phi) is 7.18. The third-order valence-corrected chi connectivity index (χ3v) is 10.3. The Morgan fingerprint density at radius 1 is 0.327 bits per heavy atom. The van der Waals surface area contributed by atoms with Gasteiger partial charge in [-0.1, -0.05) is 152 Å². The van der Waals surface area contributed by atoms with Gasteiger partial charge in [0, 0.05) is 27.7 Å². The zero-order valence-corrected chi connectivity index (χ0v) is 28.4. The fraction of sp³-hybridized carbons (Fsp3) is 0. The van der Waals surface area contributed by atoms with Gasteiger partial charge in [0.2, 0.25) is 0 Å². The van der Waals surface area contributed by atoms with E-state index in [1.54, 1.807) is 0 Å². The van der Waals surface area contributed by atoms with Crippen molar-refractivity contribution >= 4 is 60.5 Å². The predicted octanol–water partition coefficient (Wildman–Crippen LogP) is 14.4. The Balaban J connectivity index is 1.07. The maximum Gasteiger partial charge on any atom is 0.136 e. The Hall–Kier alpha value is -6.90. The summed E-state index contributed by atoms with van der Waals surface area (Å²) in [6.45, 7) is 0. The summed E-state index contributed by atoms with van der Waals surface area (Å²) in [5.74, 6) is 0. The summed E-state index contributed by atoms with van der Waals surface area (Å²) in [4.78, 5) is 2.38. The monoisotopic (exact) mass is 663 g/mol. The van der Waals surface area contributed by atoms with E-state index < -0.39 is 0 Å². The van der Waals surface area contributed by atoms with Crippen LogP contribution in [0, 0.1) is 0 Å². The van der Waals surface area contributed by atoms with E-state index in [1.807, 2.05) is 12.1 Å². The number of fused-ring (bicyclic) bond motifs is 6. The van der Waals surface area contributed by atoms with Crippen molar-refractivity contribution in [2.45, 2.75) is 0 Å². The molecule has 0 fully saturated rings. The molecule has 1 heterocycles. The van der Waals surface area contributed by atoms with E-state index in [2.05, 4.69) is 193 Å². The molecule has 0 saturated carbocycles. The molecular weight excluding hydrogens is 631 g/mol. The summed E-state index contributed by atoms with van der Waals surface area (Å²) in [7, 11) is 0. The van der Waals surface area contributed by atoms with Crippen LogP contribution < -0.4 is 4.90 Å². The fourth-order valence-corrected chi connectivity index (χ4v) is 7.76. The lowest BCUT2D eigenvalue weighted by atomic mass is 9.97. The summed E-state index contributed by atoms with van der Waals surface area (Å²) in [6.07, 6.45) is 0. The van der Waals surface area contributed by atoms with Gasteiger partial charge in [-0.05, 0) is 97.9 Å². The van der Waals surface area contributed by atoms with Crippen LogP contribution in [0.25, 0.3) is 76.9 Å². The molecule has 0 unspecified atom stereocenters. The molecule has 10 rings (SSSR count). The Morgan fingerprint density at radius 2 is 0.942 bits per heavy atom. The molecule has 0 amide bonds. The zero-order chi connectivity index (χ0) is 34.4. The van der Waals surface area contributed by atoms with Gasteiger partial charge in [-0.25, -0.2) is 0 Å². The summed E-state index contributed by atoms with van der Waals surface area (Å²) in [5, 5.41) is 7.24. The van der Waals surface area contributed by atoms with Crippen molar-refractivity contribution in [3.05, 3.63) is 200 Å². The van der Waals surface area contributed by atoms with Crippen LogP contribution in [0.2, 0.25) is 0 Å². The van der Waals surface area contributed by atoms with E-state index in [-0.39, 0.29) is 0 Å². The predicted molar refractivity (Wildman–Crippen MR) is 220 cm³/mol. The lowest BCUT2D eigenvalue weighted by Crippen LogP contribution is -2.11. The average molecular weight is 664 g/mol. The summed E-state index contributed by atoms with van der Waals surface area (Å²) < 4.78 is 6.16. The van der Waals surface area contributed by atoms with Gasteiger partial charge in [0.15, 0.2) is 0 Å². The van der Waals surface area contributed by atoms with Crippen molar-refractivity contribution in [2.75, 3.05) is 4.90 Å². The molecule has 0 saturated heterocycles. The molecule has 9 aromatic carbocycles. The van der Waals surface area contributed by atoms with E-state index in [4.69, 9.17) is 4.42 Å². The van der Waals surface area contributed by atoms with Gasteiger partial charge >= 0.3 is 0 Å². The molecule has 2 nitrogen and oxygen atoms in total. The van der Waals surface area contributed by atoms with Crippen LogP contribution >= 0.6 is 0 Å². The second-order valence-electron chi connectivity index (χ2n) is 13.3. The van der Waals surface area contributed by atoms with Crippen LogP contribution in [0.1, 0.15) is 0 Å². The molecular formula is C50H33NO. The molecule has 2 heteroatoms. The highest BCUT2D eigenvalue weighted by Gasteiger charge is 2.18. The molecule has 0 aliphatic rings. The Bertz CT molecular complexity index is 2880. The molecule has 0 spiro atoms. The minimum Gasteiger partial charge on any atom is -0.456 e. The number of rotatable bonds is 6. The van der Waals surface area contributed by atoms with Crippen molar-refractivity contribution in [1.29, 1.82) is 0 Å². The first-order chi connectivity index (χ1) is 25.8. The normalized spacial score (nSPS) is 11.5. The Labute approximate surface area is 302 Å². The molecule has 0 aliphatic heterocycles. The number of para-hydroxylation sites is 2. The van der Waals surface area contributed by atoms with Gasteiger partial charge in [0.1, 0.15) is 11.2 Å². The van der Waals surface area contributed by atoms with E-state index >= 15 is 0 Å². The molecule has 0 N–H and O–H groups in total. The molecule has 0 atom stereocenters. The van der Waals surface area contributed by atoms with Gasteiger partial charge in [0.05, 0.1) is 5.69 Å². The number of hydrogen-bond acceptors (Lipinski definition) is 2. The van der Waals surface area contributed by atoms with Crippen LogP contribution in [-0.2, 0) is 0 Å². The van der Waals surface area contributed by atoms with Crippen molar-refractivity contribution in [3.63, 3.8) is 0 Å². The molecule has 10 aromatic rings. The van der Waals surface area contributed by atoms with Gasteiger partial charge in [-0.15, -0.1) is 0 Å². The smallest absolute Gasteiger partial charge is 0.136 e. The van der Waals surface area contributed by atoms with Crippen LogP contribution in [-0.4, -0.2) is 0 Å². The van der Waals surface area contributed by atoms with Crippen molar-refractivity contribution < 1.29 is 4.42 Å². The van der Waals surface area contributed by atoms with Gasteiger partial charge in [-0.3, -0.25) is 0 Å². The minimum absolute atomic E-state index is 0.922. The first kappa shape index (κ1) is 30.0. The highest BCUT2D eigenvalue weighted by molar-refractivity contribution is 6.19. The van der Waals surface area contributed by atoms with Gasteiger partial charge in [0.25, 0.3) is 0 Å². The highest BCUT2D eigenvalue weighted by atomic mass is 16.3. The molecule has 0 radical (unpaired) electrons. The Morgan fingerprint density at radius 3 is 1.77 bits per heavy atom. The van der Waals surface area contributed by atoms with Crippen molar-refractivity contribution in [2.24, 2.45) is 0 Å². The van der Waals surface area contributed by atoms with E-state index in [0.29, 0.717) is 0 Å². The number of benzene rings is 9. The number of furan rings is 1. The maximum atomic E-state index is 6.16. The molecule has 52 heavy (non-hydrogen) atoms. The largest absolute Gasteiger partial charge is 0.456 e. The van der Waals surface area contributed by atoms with Gasteiger partial charge < -0.3 is 9.32 Å². The van der Waals surface area contributed by atoms with E-state index in [1.165, 1.54) is 60.3 Å². The topological polar surface area (TPSA) is 16.4 Å². The number of anilines is 3. The van der Waals surface area contributed by atoms with E-state index in [0.717, 1.165) is 33.6 Å². The standard InChI is InChI=1S/C50H33NO/c1-2-11-36(12-3-1)44-16-6-8-19-47(44)51(41-29-23-37(24-30-41)43-18-10-14-35-13-4-5-15-42(35)43)40-27-21-34(22-28-40)38-25-31-45-39(33-38)26-32-49-50(45)46-17-7-9-20-48(46)52-49/h1-33H. The second-order valence-corrected chi connectivity index (χ2v) is 13.3. The average Bonchev–Trinajstić information content (AvgIpc) is 3.61. The third kappa shape index (κ3) is 5.12. The first-order valence-corrected chi connectivity index (χ1v) is 17.8. The number of nitrogens with zero attached hydrogens (tertiary/aromatic N) is 1. The minimum atomic E-state index is 0.922. The first-order valence-electron chi connectivity index (χ1n) is 17.8. The van der Waals surface area contributed by atoms with Crippen LogP contribution in [0.5, 0.6) is 0 Å². The summed E-state index contributed by atoms with van der Waals surface area (Å²) in [5.41, 5.74) is 12.3. The highest BCUT2D eigenvalue weighted by Crippen LogP contribution is 2.43. The lowest BCUT2D eigenvalue weighted by molar-refractivity contribution is 0.669. The SMILES string of the molecule is c1ccc(-c2ccccc2N(c2ccc(-c3ccc4c(ccc5oc6ccccc6c54)c3)cc2)c2ccc(-c3cccc4ccccc34)cc2)cc1. The van der Waals surface area contributed by atoms with Crippen molar-refractivity contribution in [1.82, 2.24) is 0 Å². The maximum absolute atomic E-state index is 6.16. The molecule has 1 aromatic heterocycles. The quantitative estimate of drug-likeness (QED) is 0.176. The van der Waals surface area contributed by atoms with E-state index in [9.17, 15) is 0 Å². The van der Waals surface area contributed by atoms with Crippen LogP contribution in [0.4, 0.5) is 17.1 Å². The lowest BCUT2D eigenvalue weighted by Gasteiger charge is -2.28. The zero-order valence-electron chi connectivity index (χ0n) is 28.4. The third-order valence-electron chi connectivity index (χ3n) is 10.3. The molecule has 0 aliphatic carbocycles. The van der Waals surface area contributed by atoms with Crippen LogP contribution in [0.15, 0.2) is 205 Å². The molecule has 244 valence electrons. The molecule has 0 bridgehead atoms. The van der Waals surface area contributed by atoms with Crippen LogP contribution in [0.3, 0.4) is 0 Å². The fourth-order valence-electron chi connectivity index (χ4n) is 7.76. The number of hydrogen-bond donors (Lipinski definition) is 0.